The second kappa shape index (κ2) is 5.15. The first-order chi connectivity index (χ1) is 6.67. The van der Waals surface area contributed by atoms with Gasteiger partial charge in [0.1, 0.15) is 0 Å². The molecule has 3 heteroatoms. The molecule has 0 saturated carbocycles. The third kappa shape index (κ3) is 2.84. The van der Waals surface area contributed by atoms with E-state index in [1.807, 2.05) is 0 Å². The number of hydrogen-bond acceptors (Lipinski definition) is 2. The van der Waals surface area contributed by atoms with E-state index in [1.54, 1.807) is 0 Å². The maximum absolute atomic E-state index is 4.56. The minimum atomic E-state index is 0.996. The van der Waals surface area contributed by atoms with E-state index < -0.39 is 0 Å². The molecule has 3 nitrogen and oxygen atoms in total. The predicted octanol–water partition coefficient (Wildman–Crippen LogP) is 1.57. The average molecular weight is 195 g/mol. The van der Waals surface area contributed by atoms with E-state index >= 15 is 0 Å². The van der Waals surface area contributed by atoms with Gasteiger partial charge >= 0.3 is 0 Å². The summed E-state index contributed by atoms with van der Waals surface area (Å²) in [5, 5.41) is 4.56. The highest BCUT2D eigenvalue weighted by Crippen LogP contribution is 2.06. The van der Waals surface area contributed by atoms with Gasteiger partial charge in [0.2, 0.25) is 0 Å². The molecule has 0 fully saturated rings. The smallest absolute Gasteiger partial charge is 0.0624 e. The minimum absolute atomic E-state index is 0.996. The third-order valence-corrected chi connectivity index (χ3v) is 2.40. The Kier molecular flexibility index (Phi) is 4.14. The number of aromatic nitrogens is 2. The lowest BCUT2D eigenvalue weighted by molar-refractivity contribution is 0.369. The fourth-order valence-corrected chi connectivity index (χ4v) is 1.46. The molecule has 1 heterocycles. The molecule has 0 unspecified atom stereocenters. The number of hydrogen-bond donors (Lipinski definition) is 0. The van der Waals surface area contributed by atoms with Crippen molar-refractivity contribution in [3.05, 3.63) is 17.5 Å². The van der Waals surface area contributed by atoms with E-state index in [9.17, 15) is 0 Å². The van der Waals surface area contributed by atoms with Crippen molar-refractivity contribution in [1.29, 1.82) is 0 Å². The maximum Gasteiger partial charge on any atom is 0.0624 e. The van der Waals surface area contributed by atoms with E-state index in [2.05, 4.69) is 48.7 Å². The zero-order valence-electron chi connectivity index (χ0n) is 9.75. The lowest BCUT2D eigenvalue weighted by Gasteiger charge is -2.10. The van der Waals surface area contributed by atoms with Crippen LogP contribution in [0.2, 0.25) is 0 Å². The Hall–Kier alpha value is -0.830. The maximum atomic E-state index is 4.56. The van der Waals surface area contributed by atoms with Crippen LogP contribution < -0.4 is 0 Å². The molecule has 0 aromatic carbocycles. The Morgan fingerprint density at radius 2 is 2.00 bits per heavy atom. The summed E-state index contributed by atoms with van der Waals surface area (Å²) >= 11 is 0. The molecule has 1 rings (SSSR count). The van der Waals surface area contributed by atoms with Crippen LogP contribution in [0.1, 0.15) is 25.2 Å². The summed E-state index contributed by atoms with van der Waals surface area (Å²) in [5.41, 5.74) is 2.56. The Labute approximate surface area is 86.7 Å². The quantitative estimate of drug-likeness (QED) is 0.711. The standard InChI is InChI=1S/C11H21N3/c1-5-10-9-11(6-2)14(12-10)8-7-13(3)4/h9H,5-8H2,1-4H3. The molecule has 0 N–H and O–H groups in total. The minimum Gasteiger partial charge on any atom is -0.308 e. The van der Waals surface area contributed by atoms with E-state index in [4.69, 9.17) is 0 Å². The number of aryl methyl sites for hydroxylation is 2. The van der Waals surface area contributed by atoms with E-state index in [1.165, 1.54) is 11.4 Å². The highest BCUT2D eigenvalue weighted by atomic mass is 15.3. The van der Waals surface area contributed by atoms with Gasteiger partial charge in [0, 0.05) is 12.2 Å². The molecular formula is C11H21N3. The summed E-state index contributed by atoms with van der Waals surface area (Å²) in [6.07, 6.45) is 2.10. The SMILES string of the molecule is CCc1cc(CC)n(CCN(C)C)n1. The molecule has 0 aliphatic rings. The fraction of sp³-hybridized carbons (Fsp3) is 0.727. The van der Waals surface area contributed by atoms with E-state index in [0.717, 1.165) is 25.9 Å². The van der Waals surface area contributed by atoms with Crippen LogP contribution in [-0.2, 0) is 19.4 Å². The van der Waals surface area contributed by atoms with Gasteiger partial charge in [-0.1, -0.05) is 13.8 Å². The predicted molar refractivity (Wildman–Crippen MR) is 59.5 cm³/mol. The van der Waals surface area contributed by atoms with Gasteiger partial charge in [0.05, 0.1) is 12.2 Å². The van der Waals surface area contributed by atoms with E-state index in [-0.39, 0.29) is 0 Å². The molecule has 0 bridgehead atoms. The second-order valence-electron chi connectivity index (χ2n) is 3.86. The van der Waals surface area contributed by atoms with Gasteiger partial charge in [-0.2, -0.15) is 5.10 Å². The van der Waals surface area contributed by atoms with Gasteiger partial charge in [-0.05, 0) is 33.0 Å². The Bertz CT molecular complexity index is 276. The van der Waals surface area contributed by atoms with Crippen molar-refractivity contribution in [3.8, 4) is 0 Å². The Morgan fingerprint density at radius 3 is 2.50 bits per heavy atom. The number of rotatable bonds is 5. The van der Waals surface area contributed by atoms with Crippen LogP contribution in [0.15, 0.2) is 6.07 Å². The first-order valence-corrected chi connectivity index (χ1v) is 5.37. The van der Waals surface area contributed by atoms with Crippen LogP contribution in [0.3, 0.4) is 0 Å². The van der Waals surface area contributed by atoms with Gasteiger partial charge in [-0.25, -0.2) is 0 Å². The molecule has 0 atom stereocenters. The van der Waals surface area contributed by atoms with Crippen LogP contribution in [0.4, 0.5) is 0 Å². The second-order valence-corrected chi connectivity index (χ2v) is 3.86. The summed E-state index contributed by atoms with van der Waals surface area (Å²) < 4.78 is 2.14. The molecule has 80 valence electrons. The summed E-state index contributed by atoms with van der Waals surface area (Å²) in [4.78, 5) is 2.19. The van der Waals surface area contributed by atoms with Crippen molar-refractivity contribution in [2.75, 3.05) is 20.6 Å². The zero-order chi connectivity index (χ0) is 10.6. The van der Waals surface area contributed by atoms with Crippen LogP contribution in [0.25, 0.3) is 0 Å². The molecule has 0 aliphatic heterocycles. The van der Waals surface area contributed by atoms with Crippen molar-refractivity contribution < 1.29 is 0 Å². The lowest BCUT2D eigenvalue weighted by Crippen LogP contribution is -2.20. The zero-order valence-corrected chi connectivity index (χ0v) is 9.75. The van der Waals surface area contributed by atoms with Crippen LogP contribution in [0.5, 0.6) is 0 Å². The molecule has 0 aliphatic carbocycles. The van der Waals surface area contributed by atoms with Crippen molar-refractivity contribution in [1.82, 2.24) is 14.7 Å². The fourth-order valence-electron chi connectivity index (χ4n) is 1.46. The topological polar surface area (TPSA) is 21.1 Å². The summed E-state index contributed by atoms with van der Waals surface area (Å²) in [6, 6.07) is 2.22. The van der Waals surface area contributed by atoms with Crippen molar-refractivity contribution >= 4 is 0 Å². The van der Waals surface area contributed by atoms with Crippen molar-refractivity contribution in [2.24, 2.45) is 0 Å². The van der Waals surface area contributed by atoms with Gasteiger partial charge < -0.3 is 4.90 Å². The van der Waals surface area contributed by atoms with Crippen LogP contribution >= 0.6 is 0 Å². The monoisotopic (exact) mass is 195 g/mol. The largest absolute Gasteiger partial charge is 0.308 e. The first-order valence-electron chi connectivity index (χ1n) is 5.37. The molecular weight excluding hydrogens is 174 g/mol. The number of likely N-dealkylation sites (N-methyl/N-ethyl adjacent to an activating group) is 1. The summed E-state index contributed by atoms with van der Waals surface area (Å²) in [7, 11) is 4.19. The summed E-state index contributed by atoms with van der Waals surface area (Å²) in [6.45, 7) is 6.38. The van der Waals surface area contributed by atoms with Crippen molar-refractivity contribution in [2.45, 2.75) is 33.2 Å². The normalized spacial score (nSPS) is 11.2. The van der Waals surface area contributed by atoms with Gasteiger partial charge in [-0.15, -0.1) is 0 Å². The Morgan fingerprint density at radius 1 is 1.29 bits per heavy atom. The molecule has 0 amide bonds. The molecule has 14 heavy (non-hydrogen) atoms. The van der Waals surface area contributed by atoms with Crippen molar-refractivity contribution in [3.63, 3.8) is 0 Å². The van der Waals surface area contributed by atoms with E-state index in [0.29, 0.717) is 0 Å². The Balaban J connectivity index is 2.68. The summed E-state index contributed by atoms with van der Waals surface area (Å²) in [5.74, 6) is 0. The van der Waals surface area contributed by atoms with Crippen LogP contribution in [-0.4, -0.2) is 35.3 Å². The molecule has 0 radical (unpaired) electrons. The lowest BCUT2D eigenvalue weighted by atomic mass is 10.2. The van der Waals surface area contributed by atoms with Crippen LogP contribution in [0, 0.1) is 0 Å². The molecule has 0 saturated heterocycles. The van der Waals surface area contributed by atoms with Gasteiger partial charge in [0.25, 0.3) is 0 Å². The average Bonchev–Trinajstić information content (AvgIpc) is 2.57. The molecule has 1 aromatic heterocycles. The van der Waals surface area contributed by atoms with Gasteiger partial charge in [-0.3, -0.25) is 4.68 Å². The first kappa shape index (κ1) is 11.2. The molecule has 1 aromatic rings. The highest BCUT2D eigenvalue weighted by Gasteiger charge is 2.04. The van der Waals surface area contributed by atoms with Gasteiger partial charge in [0.15, 0.2) is 0 Å². The third-order valence-electron chi connectivity index (χ3n) is 2.40. The molecule has 0 spiro atoms. The highest BCUT2D eigenvalue weighted by molar-refractivity contribution is 5.10. The number of nitrogens with zero attached hydrogens (tertiary/aromatic N) is 3.